The number of non-ortho nitro benzene ring substituents is 1. The summed E-state index contributed by atoms with van der Waals surface area (Å²) < 4.78 is 0. The standard InChI is InChI=1S/C26H27N3O4S/c1-26(2,3)28(25(31)19-10-7-11-20(16-19)29(32)33)17-23(30)27-14-12-22-21(13-15-34-22)24(27)18-8-5-4-6-9-18/h4-11,13,15-16,24H,12,14,17H2,1-3H3. The molecule has 1 aliphatic rings. The van der Waals surface area contributed by atoms with Gasteiger partial charge in [-0.2, -0.15) is 0 Å². The number of benzene rings is 2. The van der Waals surface area contributed by atoms with Crippen LogP contribution in [0.5, 0.6) is 0 Å². The van der Waals surface area contributed by atoms with E-state index in [1.807, 2.05) is 56.0 Å². The zero-order valence-electron chi connectivity index (χ0n) is 19.4. The average molecular weight is 478 g/mol. The van der Waals surface area contributed by atoms with Crippen LogP contribution in [0.1, 0.15) is 53.2 Å². The van der Waals surface area contributed by atoms with Crippen LogP contribution in [0.25, 0.3) is 0 Å². The maximum absolute atomic E-state index is 13.7. The fraction of sp³-hybridized carbons (Fsp3) is 0.308. The Morgan fingerprint density at radius 3 is 2.53 bits per heavy atom. The Morgan fingerprint density at radius 2 is 1.85 bits per heavy atom. The molecular weight excluding hydrogens is 450 g/mol. The molecule has 1 unspecified atom stereocenters. The topological polar surface area (TPSA) is 83.8 Å². The van der Waals surface area contributed by atoms with Crippen LogP contribution in [0, 0.1) is 10.1 Å². The molecule has 2 amide bonds. The Balaban J connectivity index is 1.65. The molecule has 0 fully saturated rings. The number of rotatable bonds is 5. The zero-order chi connectivity index (χ0) is 24.5. The van der Waals surface area contributed by atoms with Crippen molar-refractivity contribution >= 4 is 28.8 Å². The summed E-state index contributed by atoms with van der Waals surface area (Å²) in [6.45, 7) is 6.02. The second-order valence-electron chi connectivity index (χ2n) is 9.32. The lowest BCUT2D eigenvalue weighted by atomic mass is 9.93. The summed E-state index contributed by atoms with van der Waals surface area (Å²) >= 11 is 1.70. The van der Waals surface area contributed by atoms with Gasteiger partial charge in [0.15, 0.2) is 0 Å². The van der Waals surface area contributed by atoms with E-state index in [1.165, 1.54) is 28.0 Å². The third-order valence-corrected chi connectivity index (χ3v) is 7.05. The number of hydrogen-bond donors (Lipinski definition) is 0. The Morgan fingerprint density at radius 1 is 1.12 bits per heavy atom. The van der Waals surface area contributed by atoms with Gasteiger partial charge < -0.3 is 9.80 Å². The van der Waals surface area contributed by atoms with Gasteiger partial charge in [-0.15, -0.1) is 11.3 Å². The van der Waals surface area contributed by atoms with Gasteiger partial charge >= 0.3 is 0 Å². The van der Waals surface area contributed by atoms with E-state index in [-0.39, 0.29) is 29.7 Å². The molecule has 4 rings (SSSR count). The van der Waals surface area contributed by atoms with Gasteiger partial charge in [-0.3, -0.25) is 19.7 Å². The highest BCUT2D eigenvalue weighted by Crippen LogP contribution is 2.38. The molecule has 0 saturated carbocycles. The van der Waals surface area contributed by atoms with Gasteiger partial charge in [0.2, 0.25) is 5.91 Å². The lowest BCUT2D eigenvalue weighted by Crippen LogP contribution is -2.52. The minimum absolute atomic E-state index is 0.117. The van der Waals surface area contributed by atoms with Gasteiger partial charge in [0.25, 0.3) is 11.6 Å². The van der Waals surface area contributed by atoms with E-state index in [0.717, 1.165) is 17.5 Å². The van der Waals surface area contributed by atoms with Crippen molar-refractivity contribution in [2.45, 2.75) is 38.8 Å². The minimum atomic E-state index is -0.664. The first-order chi connectivity index (χ1) is 16.2. The normalized spacial score (nSPS) is 15.5. The number of nitro groups is 1. The molecule has 3 aromatic rings. The number of carbonyl (C=O) groups excluding carboxylic acids is 2. The van der Waals surface area contributed by atoms with E-state index in [2.05, 4.69) is 11.4 Å². The largest absolute Gasteiger partial charge is 0.330 e. The number of carbonyl (C=O) groups is 2. The van der Waals surface area contributed by atoms with Gasteiger partial charge in [-0.25, -0.2) is 0 Å². The van der Waals surface area contributed by atoms with Gasteiger partial charge in [-0.05, 0) is 55.8 Å². The lowest BCUT2D eigenvalue weighted by Gasteiger charge is -2.40. The van der Waals surface area contributed by atoms with Crippen LogP contribution < -0.4 is 0 Å². The molecule has 34 heavy (non-hydrogen) atoms. The third kappa shape index (κ3) is 4.72. The number of nitro benzene ring substituents is 1. The average Bonchev–Trinajstić information content (AvgIpc) is 3.30. The number of amides is 2. The highest BCUT2D eigenvalue weighted by atomic mass is 32.1. The van der Waals surface area contributed by atoms with Crippen LogP contribution >= 0.6 is 11.3 Å². The summed E-state index contributed by atoms with van der Waals surface area (Å²) in [7, 11) is 0. The lowest BCUT2D eigenvalue weighted by molar-refractivity contribution is -0.384. The first kappa shape index (κ1) is 23.6. The minimum Gasteiger partial charge on any atom is -0.330 e. The molecule has 1 aromatic heterocycles. The van der Waals surface area contributed by atoms with E-state index in [0.29, 0.717) is 6.54 Å². The number of fused-ring (bicyclic) bond motifs is 1. The van der Waals surface area contributed by atoms with Crippen molar-refractivity contribution in [3.05, 3.63) is 97.7 Å². The monoisotopic (exact) mass is 477 g/mol. The second-order valence-corrected chi connectivity index (χ2v) is 10.3. The van der Waals surface area contributed by atoms with Gasteiger partial charge in [0.1, 0.15) is 6.54 Å². The summed E-state index contributed by atoms with van der Waals surface area (Å²) in [5.74, 6) is -0.562. The molecule has 2 aromatic carbocycles. The van der Waals surface area contributed by atoms with Gasteiger partial charge in [0, 0.05) is 34.7 Å². The number of nitrogens with zero attached hydrogens (tertiary/aromatic N) is 3. The Hall–Kier alpha value is -3.52. The zero-order valence-corrected chi connectivity index (χ0v) is 20.2. The molecule has 1 aliphatic heterocycles. The van der Waals surface area contributed by atoms with Crippen molar-refractivity contribution < 1.29 is 14.5 Å². The Bertz CT molecular complexity index is 1220. The first-order valence-corrected chi connectivity index (χ1v) is 12.0. The van der Waals surface area contributed by atoms with Crippen molar-refractivity contribution in [3.8, 4) is 0 Å². The predicted octanol–water partition coefficient (Wildman–Crippen LogP) is 5.07. The van der Waals surface area contributed by atoms with E-state index >= 15 is 0 Å². The van der Waals surface area contributed by atoms with E-state index in [1.54, 1.807) is 17.4 Å². The van der Waals surface area contributed by atoms with E-state index in [9.17, 15) is 19.7 Å². The molecule has 0 aliphatic carbocycles. The van der Waals surface area contributed by atoms with Crippen LogP contribution in [0.2, 0.25) is 0 Å². The van der Waals surface area contributed by atoms with Crippen LogP contribution in [0.3, 0.4) is 0 Å². The summed E-state index contributed by atoms with van der Waals surface area (Å²) in [5.41, 5.74) is 1.53. The highest BCUT2D eigenvalue weighted by molar-refractivity contribution is 7.10. The molecule has 176 valence electrons. The number of hydrogen-bond acceptors (Lipinski definition) is 5. The van der Waals surface area contributed by atoms with Gasteiger partial charge in [0.05, 0.1) is 11.0 Å². The van der Waals surface area contributed by atoms with Crippen molar-refractivity contribution in [2.24, 2.45) is 0 Å². The smallest absolute Gasteiger partial charge is 0.270 e. The van der Waals surface area contributed by atoms with Gasteiger partial charge in [-0.1, -0.05) is 36.4 Å². The molecule has 8 heteroatoms. The summed E-state index contributed by atoms with van der Waals surface area (Å²) in [4.78, 5) is 42.4. The molecule has 0 spiro atoms. The van der Waals surface area contributed by atoms with Crippen molar-refractivity contribution in [2.75, 3.05) is 13.1 Å². The summed E-state index contributed by atoms with van der Waals surface area (Å²) in [6, 6.07) is 17.4. The molecule has 0 N–H and O–H groups in total. The summed E-state index contributed by atoms with van der Waals surface area (Å²) in [6.07, 6.45) is 0.774. The van der Waals surface area contributed by atoms with Crippen LogP contribution in [0.4, 0.5) is 5.69 Å². The molecule has 2 heterocycles. The number of thiophene rings is 1. The quantitative estimate of drug-likeness (QED) is 0.379. The SMILES string of the molecule is CC(C)(C)N(CC(=O)N1CCc2sccc2C1c1ccccc1)C(=O)c1cccc([N+](=O)[O-])c1. The fourth-order valence-corrected chi connectivity index (χ4v) is 5.23. The Labute approximate surface area is 202 Å². The van der Waals surface area contributed by atoms with E-state index < -0.39 is 16.4 Å². The molecule has 0 radical (unpaired) electrons. The summed E-state index contributed by atoms with van der Waals surface area (Å²) in [5, 5.41) is 13.3. The van der Waals surface area contributed by atoms with Crippen molar-refractivity contribution in [1.29, 1.82) is 0 Å². The molecule has 1 atom stereocenters. The first-order valence-electron chi connectivity index (χ1n) is 11.1. The van der Waals surface area contributed by atoms with Crippen LogP contribution in [0.15, 0.2) is 66.0 Å². The highest BCUT2D eigenvalue weighted by Gasteiger charge is 2.36. The molecule has 7 nitrogen and oxygen atoms in total. The molecule has 0 saturated heterocycles. The van der Waals surface area contributed by atoms with Crippen LogP contribution in [-0.4, -0.2) is 45.2 Å². The van der Waals surface area contributed by atoms with Crippen LogP contribution in [-0.2, 0) is 11.2 Å². The third-order valence-electron chi connectivity index (χ3n) is 6.05. The molecular formula is C26H27N3O4S. The van der Waals surface area contributed by atoms with Crippen molar-refractivity contribution in [3.63, 3.8) is 0 Å². The fourth-order valence-electron chi connectivity index (χ4n) is 4.33. The second kappa shape index (κ2) is 9.38. The molecule has 0 bridgehead atoms. The van der Waals surface area contributed by atoms with Crippen molar-refractivity contribution in [1.82, 2.24) is 9.80 Å². The van der Waals surface area contributed by atoms with E-state index in [4.69, 9.17) is 0 Å². The maximum Gasteiger partial charge on any atom is 0.270 e. The Kier molecular flexibility index (Phi) is 6.52. The predicted molar refractivity (Wildman–Crippen MR) is 132 cm³/mol. The maximum atomic E-state index is 13.7.